The number of hydrogen-bond acceptors (Lipinski definition) is 5. The minimum atomic E-state index is -4.65. The van der Waals surface area contributed by atoms with E-state index in [9.17, 15) is 26.4 Å². The molecule has 11 heteroatoms. The van der Waals surface area contributed by atoms with Crippen LogP contribution in [0, 0.1) is 0 Å². The Morgan fingerprint density at radius 1 is 1.19 bits per heavy atom. The zero-order valence-corrected chi connectivity index (χ0v) is 14.6. The number of benzene rings is 2. The molecule has 1 heterocycles. The monoisotopic (exact) mass is 401 g/mol. The number of rotatable bonds is 3. The van der Waals surface area contributed by atoms with E-state index in [1.165, 1.54) is 13.2 Å². The smallest absolute Gasteiger partial charge is 0.416 e. The molecular weight excluding hydrogens is 387 g/mol. The Kier molecular flexibility index (Phi) is 4.74. The van der Waals surface area contributed by atoms with Crippen molar-refractivity contribution in [1.29, 1.82) is 0 Å². The van der Waals surface area contributed by atoms with Gasteiger partial charge in [0.25, 0.3) is 5.91 Å². The molecule has 1 aliphatic heterocycles. The van der Waals surface area contributed by atoms with Gasteiger partial charge >= 0.3 is 6.18 Å². The van der Waals surface area contributed by atoms with Gasteiger partial charge in [-0.3, -0.25) is 4.79 Å². The fraction of sp³-hybridized carbons (Fsp3) is 0.188. The van der Waals surface area contributed by atoms with Crippen molar-refractivity contribution in [2.75, 3.05) is 17.7 Å². The number of amides is 1. The molecule has 0 spiro atoms. The predicted molar refractivity (Wildman–Crippen MR) is 90.8 cm³/mol. The third kappa shape index (κ3) is 3.83. The summed E-state index contributed by atoms with van der Waals surface area (Å²) >= 11 is 0. The summed E-state index contributed by atoms with van der Waals surface area (Å²) in [5, 5.41) is 4.95. The molecule has 0 unspecified atom stereocenters. The highest BCUT2D eigenvalue weighted by atomic mass is 32.2. The number of halogens is 3. The lowest BCUT2D eigenvalue weighted by Crippen LogP contribution is -2.51. The van der Waals surface area contributed by atoms with E-state index in [2.05, 4.69) is 15.4 Å². The van der Waals surface area contributed by atoms with Crippen molar-refractivity contribution in [3.8, 4) is 5.75 Å². The Morgan fingerprint density at radius 3 is 2.56 bits per heavy atom. The molecule has 144 valence electrons. The molecule has 0 bridgehead atoms. The first-order valence-corrected chi connectivity index (χ1v) is 9.04. The van der Waals surface area contributed by atoms with Crippen LogP contribution in [-0.2, 0) is 21.0 Å². The van der Waals surface area contributed by atoms with Crippen LogP contribution < -0.4 is 20.1 Å². The normalized spacial score (nSPS) is 18.1. The van der Waals surface area contributed by atoms with Gasteiger partial charge in [-0.15, -0.1) is 0 Å². The number of sulfonamides is 1. The van der Waals surface area contributed by atoms with Gasteiger partial charge in [-0.2, -0.15) is 17.9 Å². The highest BCUT2D eigenvalue weighted by molar-refractivity contribution is 7.89. The fourth-order valence-corrected chi connectivity index (χ4v) is 3.79. The molecule has 1 amide bonds. The van der Waals surface area contributed by atoms with E-state index in [0.29, 0.717) is 17.9 Å². The molecule has 2 aromatic rings. The standard InChI is InChI=1S/C16H14F3N3O4S/c1-26-12-5-3-2-4-10(12)21-15(23)14-20-11-8-9(16(17,18)19)6-7-13(11)27(24,25)22-14/h2-8,14,20,22H,1H3,(H,21,23)/t14-/m1/s1. The van der Waals surface area contributed by atoms with Gasteiger partial charge < -0.3 is 15.4 Å². The number of fused-ring (bicyclic) bond motifs is 1. The van der Waals surface area contributed by atoms with Crippen molar-refractivity contribution < 1.29 is 31.1 Å². The van der Waals surface area contributed by atoms with E-state index >= 15 is 0 Å². The topological polar surface area (TPSA) is 96.5 Å². The number of alkyl halides is 3. The van der Waals surface area contributed by atoms with E-state index in [1.807, 2.05) is 0 Å². The quantitative estimate of drug-likeness (QED) is 0.734. The largest absolute Gasteiger partial charge is 0.495 e. The van der Waals surface area contributed by atoms with Crippen molar-refractivity contribution in [1.82, 2.24) is 4.72 Å². The lowest BCUT2D eigenvalue weighted by atomic mass is 10.2. The van der Waals surface area contributed by atoms with Gasteiger partial charge in [-0.05, 0) is 30.3 Å². The highest BCUT2D eigenvalue weighted by Gasteiger charge is 2.37. The van der Waals surface area contributed by atoms with Crippen LogP contribution in [-0.4, -0.2) is 27.6 Å². The molecule has 0 radical (unpaired) electrons. The fourth-order valence-electron chi connectivity index (χ4n) is 2.53. The summed E-state index contributed by atoms with van der Waals surface area (Å²) in [6, 6.07) is 8.56. The van der Waals surface area contributed by atoms with Crippen LogP contribution in [0.25, 0.3) is 0 Å². The molecule has 27 heavy (non-hydrogen) atoms. The number of hydrogen-bond donors (Lipinski definition) is 3. The van der Waals surface area contributed by atoms with E-state index < -0.39 is 33.8 Å². The summed E-state index contributed by atoms with van der Waals surface area (Å²) in [5.74, 6) is -0.476. The van der Waals surface area contributed by atoms with Gasteiger partial charge in [0.15, 0.2) is 6.17 Å². The minimum absolute atomic E-state index is 0.279. The number of anilines is 2. The average molecular weight is 401 g/mol. The van der Waals surface area contributed by atoms with Crippen LogP contribution in [0.4, 0.5) is 24.5 Å². The predicted octanol–water partition coefficient (Wildman–Crippen LogP) is 2.38. The van der Waals surface area contributed by atoms with Crippen molar-refractivity contribution in [3.05, 3.63) is 48.0 Å². The third-order valence-corrected chi connectivity index (χ3v) is 5.28. The van der Waals surface area contributed by atoms with Gasteiger partial charge in [0, 0.05) is 0 Å². The Bertz CT molecular complexity index is 993. The molecule has 7 nitrogen and oxygen atoms in total. The van der Waals surface area contributed by atoms with Gasteiger partial charge in [-0.1, -0.05) is 12.1 Å². The molecule has 2 aromatic carbocycles. The van der Waals surface area contributed by atoms with Crippen LogP contribution in [0.3, 0.4) is 0 Å². The first kappa shape index (κ1) is 19.0. The second-order valence-electron chi connectivity index (χ2n) is 5.60. The van der Waals surface area contributed by atoms with Gasteiger partial charge in [0.2, 0.25) is 10.0 Å². The Balaban J connectivity index is 1.90. The molecule has 1 atom stereocenters. The van der Waals surface area contributed by atoms with Crippen LogP contribution in [0.1, 0.15) is 5.56 Å². The summed E-state index contributed by atoms with van der Waals surface area (Å²) in [6.45, 7) is 0. The molecule has 1 aliphatic rings. The van der Waals surface area contributed by atoms with Gasteiger partial charge in [0.05, 0.1) is 24.0 Å². The minimum Gasteiger partial charge on any atom is -0.495 e. The van der Waals surface area contributed by atoms with Gasteiger partial charge in [0.1, 0.15) is 10.6 Å². The molecule has 3 N–H and O–H groups in total. The summed E-state index contributed by atoms with van der Waals surface area (Å²) in [7, 11) is -2.79. The van der Waals surface area contributed by atoms with Gasteiger partial charge in [-0.25, -0.2) is 8.42 Å². The van der Waals surface area contributed by atoms with E-state index in [1.54, 1.807) is 18.2 Å². The SMILES string of the molecule is COc1ccccc1NC(=O)[C@@H]1Nc2cc(C(F)(F)F)ccc2S(=O)(=O)N1. The molecule has 0 saturated heterocycles. The van der Waals surface area contributed by atoms with Crippen molar-refractivity contribution in [2.24, 2.45) is 0 Å². The Labute approximate surface area is 152 Å². The Morgan fingerprint density at radius 2 is 1.89 bits per heavy atom. The number of ether oxygens (including phenoxy) is 1. The molecule has 0 fully saturated rings. The molecule has 3 rings (SSSR count). The zero-order chi connectivity index (χ0) is 19.8. The number of carbonyl (C=O) groups is 1. The highest BCUT2D eigenvalue weighted by Crippen LogP contribution is 2.35. The number of methoxy groups -OCH3 is 1. The maximum absolute atomic E-state index is 12.9. The second kappa shape index (κ2) is 6.74. The zero-order valence-electron chi connectivity index (χ0n) is 13.8. The summed E-state index contributed by atoms with van der Waals surface area (Å²) < 4.78 is 70.4. The summed E-state index contributed by atoms with van der Waals surface area (Å²) in [4.78, 5) is 12.1. The lowest BCUT2D eigenvalue weighted by molar-refractivity contribution is -0.137. The molecule has 0 saturated carbocycles. The first-order chi connectivity index (χ1) is 12.6. The second-order valence-corrected chi connectivity index (χ2v) is 7.28. The molecule has 0 aliphatic carbocycles. The Hall–Kier alpha value is -2.79. The number of para-hydroxylation sites is 2. The number of nitrogens with one attached hydrogen (secondary N) is 3. The molecular formula is C16H14F3N3O4S. The maximum Gasteiger partial charge on any atom is 0.416 e. The first-order valence-electron chi connectivity index (χ1n) is 7.56. The molecule has 0 aromatic heterocycles. The van der Waals surface area contributed by atoms with E-state index in [4.69, 9.17) is 4.74 Å². The van der Waals surface area contributed by atoms with Crippen molar-refractivity contribution >= 4 is 27.3 Å². The third-order valence-electron chi connectivity index (χ3n) is 3.80. The maximum atomic E-state index is 12.9. The van der Waals surface area contributed by atoms with Crippen molar-refractivity contribution in [3.63, 3.8) is 0 Å². The summed E-state index contributed by atoms with van der Waals surface area (Å²) in [6.07, 6.45) is -6.16. The van der Waals surface area contributed by atoms with Crippen LogP contribution in [0.2, 0.25) is 0 Å². The lowest BCUT2D eigenvalue weighted by Gasteiger charge is -2.28. The van der Waals surface area contributed by atoms with Crippen LogP contribution in [0.5, 0.6) is 5.75 Å². The van der Waals surface area contributed by atoms with Crippen LogP contribution >= 0.6 is 0 Å². The van der Waals surface area contributed by atoms with E-state index in [0.717, 1.165) is 6.07 Å². The summed E-state index contributed by atoms with van der Waals surface area (Å²) in [5.41, 5.74) is -1.07. The average Bonchev–Trinajstić information content (AvgIpc) is 2.60. The van der Waals surface area contributed by atoms with Crippen LogP contribution in [0.15, 0.2) is 47.4 Å². The number of carbonyl (C=O) groups excluding carboxylic acids is 1. The van der Waals surface area contributed by atoms with Crippen molar-refractivity contribution in [2.45, 2.75) is 17.2 Å². The van der Waals surface area contributed by atoms with E-state index in [-0.39, 0.29) is 16.3 Å².